The van der Waals surface area contributed by atoms with Crippen molar-refractivity contribution in [3.05, 3.63) is 58.7 Å². The molecule has 0 saturated heterocycles. The van der Waals surface area contributed by atoms with Gasteiger partial charge in [0, 0.05) is 26.4 Å². The number of aromatic nitrogens is 2. The molecule has 0 radical (unpaired) electrons. The number of nitrogen functional groups attached to an aromatic ring is 1. The molecule has 0 spiro atoms. The molecule has 3 nitrogen and oxygen atoms in total. The standard InChI is InChI=1S/C17H16BrN3S/c1-11(10-22-13-5-3-2-4-6-13)16-14-9-12(18)7-8-15(14)20-17(19)21-16/h2-9,11H,10H2,1H3,(H2,19,20,21). The highest BCUT2D eigenvalue weighted by Crippen LogP contribution is 2.30. The van der Waals surface area contributed by atoms with Gasteiger partial charge in [0.25, 0.3) is 0 Å². The quantitative estimate of drug-likeness (QED) is 0.662. The van der Waals surface area contributed by atoms with Gasteiger partial charge in [-0.25, -0.2) is 9.97 Å². The molecule has 22 heavy (non-hydrogen) atoms. The van der Waals surface area contributed by atoms with Gasteiger partial charge in [0.2, 0.25) is 5.95 Å². The molecule has 0 saturated carbocycles. The third kappa shape index (κ3) is 3.42. The van der Waals surface area contributed by atoms with Gasteiger partial charge in [-0.1, -0.05) is 41.1 Å². The molecule has 5 heteroatoms. The fourth-order valence-electron chi connectivity index (χ4n) is 2.34. The van der Waals surface area contributed by atoms with Gasteiger partial charge in [-0.2, -0.15) is 0 Å². The van der Waals surface area contributed by atoms with E-state index < -0.39 is 0 Å². The lowest BCUT2D eigenvalue weighted by molar-refractivity contribution is 0.844. The Balaban J connectivity index is 1.89. The molecule has 1 unspecified atom stereocenters. The highest BCUT2D eigenvalue weighted by Gasteiger charge is 2.14. The molecule has 112 valence electrons. The summed E-state index contributed by atoms with van der Waals surface area (Å²) < 4.78 is 1.03. The van der Waals surface area contributed by atoms with E-state index in [2.05, 4.69) is 63.2 Å². The summed E-state index contributed by atoms with van der Waals surface area (Å²) in [4.78, 5) is 10.1. The summed E-state index contributed by atoms with van der Waals surface area (Å²) in [6.45, 7) is 2.18. The highest BCUT2D eigenvalue weighted by atomic mass is 79.9. The van der Waals surface area contributed by atoms with Crippen LogP contribution in [-0.4, -0.2) is 15.7 Å². The van der Waals surface area contributed by atoms with Crippen molar-refractivity contribution in [2.45, 2.75) is 17.7 Å². The Labute approximate surface area is 142 Å². The van der Waals surface area contributed by atoms with Crippen LogP contribution in [0.1, 0.15) is 18.5 Å². The Bertz CT molecular complexity index is 793. The van der Waals surface area contributed by atoms with Gasteiger partial charge in [-0.05, 0) is 30.3 Å². The minimum Gasteiger partial charge on any atom is -0.368 e. The zero-order chi connectivity index (χ0) is 15.5. The zero-order valence-corrected chi connectivity index (χ0v) is 14.6. The van der Waals surface area contributed by atoms with E-state index >= 15 is 0 Å². The Morgan fingerprint density at radius 1 is 1.14 bits per heavy atom. The fourth-order valence-corrected chi connectivity index (χ4v) is 3.65. The topological polar surface area (TPSA) is 51.8 Å². The van der Waals surface area contributed by atoms with Crippen molar-refractivity contribution in [2.75, 3.05) is 11.5 Å². The van der Waals surface area contributed by atoms with Gasteiger partial charge < -0.3 is 5.73 Å². The summed E-state index contributed by atoms with van der Waals surface area (Å²) >= 11 is 5.35. The van der Waals surface area contributed by atoms with Crippen LogP contribution in [0.4, 0.5) is 5.95 Å². The van der Waals surface area contributed by atoms with Gasteiger partial charge in [0.1, 0.15) is 0 Å². The third-order valence-electron chi connectivity index (χ3n) is 3.41. The van der Waals surface area contributed by atoms with Gasteiger partial charge in [-0.15, -0.1) is 11.8 Å². The van der Waals surface area contributed by atoms with Gasteiger partial charge >= 0.3 is 0 Å². The van der Waals surface area contributed by atoms with E-state index in [-0.39, 0.29) is 5.92 Å². The number of nitrogens with zero attached hydrogens (tertiary/aromatic N) is 2. The van der Waals surface area contributed by atoms with Crippen LogP contribution in [-0.2, 0) is 0 Å². The molecule has 3 rings (SSSR count). The molecule has 1 aromatic heterocycles. The minimum atomic E-state index is 0.285. The molecule has 0 aliphatic heterocycles. The number of rotatable bonds is 4. The van der Waals surface area contributed by atoms with E-state index in [4.69, 9.17) is 5.73 Å². The lowest BCUT2D eigenvalue weighted by Gasteiger charge is -2.14. The van der Waals surface area contributed by atoms with E-state index in [0.717, 1.165) is 26.8 Å². The molecule has 0 aliphatic carbocycles. The van der Waals surface area contributed by atoms with E-state index in [1.54, 1.807) is 0 Å². The first-order valence-corrected chi connectivity index (χ1v) is 8.82. The van der Waals surface area contributed by atoms with E-state index in [9.17, 15) is 0 Å². The molecule has 0 fully saturated rings. The molecule has 0 aliphatic rings. The monoisotopic (exact) mass is 373 g/mol. The lowest BCUT2D eigenvalue weighted by atomic mass is 10.0. The first-order valence-electron chi connectivity index (χ1n) is 7.04. The van der Waals surface area contributed by atoms with Crippen molar-refractivity contribution in [2.24, 2.45) is 0 Å². The van der Waals surface area contributed by atoms with Crippen LogP contribution in [0.5, 0.6) is 0 Å². The number of thioether (sulfide) groups is 1. The van der Waals surface area contributed by atoms with Crippen LogP contribution in [0, 0.1) is 0 Å². The summed E-state index contributed by atoms with van der Waals surface area (Å²) in [5, 5.41) is 1.06. The van der Waals surface area contributed by atoms with Crippen molar-refractivity contribution in [1.29, 1.82) is 0 Å². The summed E-state index contributed by atoms with van der Waals surface area (Å²) in [6.07, 6.45) is 0. The number of hydrogen-bond acceptors (Lipinski definition) is 4. The number of hydrogen-bond donors (Lipinski definition) is 1. The summed E-state index contributed by atoms with van der Waals surface area (Å²) in [7, 11) is 0. The second-order valence-corrected chi connectivity index (χ2v) is 7.16. The Kier molecular flexibility index (Phi) is 4.64. The van der Waals surface area contributed by atoms with Crippen molar-refractivity contribution in [3.63, 3.8) is 0 Å². The molecule has 0 amide bonds. The maximum Gasteiger partial charge on any atom is 0.220 e. The Hall–Kier alpha value is -1.59. The molecule has 1 heterocycles. The van der Waals surface area contributed by atoms with Crippen LogP contribution < -0.4 is 5.73 Å². The number of anilines is 1. The third-order valence-corrected chi connectivity index (χ3v) is 5.18. The van der Waals surface area contributed by atoms with Crippen molar-refractivity contribution in [3.8, 4) is 0 Å². The van der Waals surface area contributed by atoms with Crippen LogP contribution >= 0.6 is 27.7 Å². The highest BCUT2D eigenvalue weighted by molar-refractivity contribution is 9.10. The summed E-state index contributed by atoms with van der Waals surface area (Å²) in [5.41, 5.74) is 7.76. The smallest absolute Gasteiger partial charge is 0.220 e. The fraction of sp³-hybridized carbons (Fsp3) is 0.176. The van der Waals surface area contributed by atoms with Crippen LogP contribution in [0.25, 0.3) is 10.9 Å². The van der Waals surface area contributed by atoms with E-state index in [1.807, 2.05) is 30.0 Å². The van der Waals surface area contributed by atoms with Crippen molar-refractivity contribution in [1.82, 2.24) is 9.97 Å². The first-order chi connectivity index (χ1) is 10.6. The summed E-state index contributed by atoms with van der Waals surface area (Å²) in [5.74, 6) is 1.57. The average Bonchev–Trinajstić information content (AvgIpc) is 2.53. The molecule has 3 aromatic rings. The lowest BCUT2D eigenvalue weighted by Crippen LogP contribution is -2.06. The van der Waals surface area contributed by atoms with E-state index in [1.165, 1.54) is 4.90 Å². The largest absolute Gasteiger partial charge is 0.368 e. The summed E-state index contributed by atoms with van der Waals surface area (Å²) in [6, 6.07) is 16.4. The Morgan fingerprint density at radius 2 is 1.91 bits per heavy atom. The van der Waals surface area contributed by atoms with Crippen LogP contribution in [0.3, 0.4) is 0 Å². The number of fused-ring (bicyclic) bond motifs is 1. The van der Waals surface area contributed by atoms with Gasteiger partial charge in [0.05, 0.1) is 11.2 Å². The van der Waals surface area contributed by atoms with Gasteiger partial charge in [-0.3, -0.25) is 0 Å². The average molecular weight is 374 g/mol. The number of nitrogens with two attached hydrogens (primary N) is 1. The predicted octanol–water partition coefficient (Wildman–Crippen LogP) is 4.87. The maximum absolute atomic E-state index is 5.87. The normalized spacial score (nSPS) is 12.5. The van der Waals surface area contributed by atoms with Crippen molar-refractivity contribution < 1.29 is 0 Å². The second-order valence-electron chi connectivity index (χ2n) is 5.15. The molecule has 2 N–H and O–H groups in total. The first kappa shape index (κ1) is 15.3. The van der Waals surface area contributed by atoms with E-state index in [0.29, 0.717) is 5.95 Å². The van der Waals surface area contributed by atoms with Crippen LogP contribution in [0.2, 0.25) is 0 Å². The number of halogens is 1. The Morgan fingerprint density at radius 3 is 2.68 bits per heavy atom. The molecule has 1 atom stereocenters. The second kappa shape index (κ2) is 6.67. The molecular formula is C17H16BrN3S. The van der Waals surface area contributed by atoms with Crippen LogP contribution in [0.15, 0.2) is 57.9 Å². The van der Waals surface area contributed by atoms with Gasteiger partial charge in [0.15, 0.2) is 0 Å². The maximum atomic E-state index is 5.87. The SMILES string of the molecule is CC(CSc1ccccc1)c1nc(N)nc2ccc(Br)cc12. The minimum absolute atomic E-state index is 0.285. The predicted molar refractivity (Wildman–Crippen MR) is 97.2 cm³/mol. The molecule has 0 bridgehead atoms. The molecule has 2 aromatic carbocycles. The zero-order valence-electron chi connectivity index (χ0n) is 12.2. The van der Waals surface area contributed by atoms with Crippen molar-refractivity contribution >= 4 is 44.5 Å². The molecular weight excluding hydrogens is 358 g/mol. The number of benzene rings is 2.